The second-order valence-electron chi connectivity index (χ2n) is 7.49. The van der Waals surface area contributed by atoms with Gasteiger partial charge in [0.25, 0.3) is 0 Å². The molecule has 0 radical (unpaired) electrons. The van der Waals surface area contributed by atoms with Crippen LogP contribution in [0.1, 0.15) is 25.8 Å². The second-order valence-corrected chi connectivity index (χ2v) is 7.49. The number of fused-ring (bicyclic) bond motifs is 1. The molecule has 5 atom stereocenters. The van der Waals surface area contributed by atoms with E-state index in [4.69, 9.17) is 9.47 Å². The highest BCUT2D eigenvalue weighted by atomic mass is 16.7. The predicted octanol–water partition coefficient (Wildman–Crippen LogP) is 0.621. The van der Waals surface area contributed by atoms with Crippen molar-refractivity contribution >= 4 is 10.9 Å². The number of nitrogens with zero attached hydrogens (tertiary/aromatic N) is 1. The first-order valence-electron chi connectivity index (χ1n) is 10.3. The lowest BCUT2D eigenvalue weighted by Gasteiger charge is -2.39. The Hall–Kier alpha value is -1.68. The third kappa shape index (κ3) is 4.74. The van der Waals surface area contributed by atoms with Gasteiger partial charge in [-0.05, 0) is 43.6 Å². The molecule has 5 N–H and O–H groups in total. The first-order chi connectivity index (χ1) is 14.0. The fourth-order valence-electron chi connectivity index (χ4n) is 3.83. The molecule has 1 aromatic heterocycles. The van der Waals surface area contributed by atoms with E-state index in [0.29, 0.717) is 5.75 Å². The number of H-pyrrole nitrogens is 1. The topological polar surface area (TPSA) is 118 Å². The van der Waals surface area contributed by atoms with E-state index < -0.39 is 37.3 Å². The van der Waals surface area contributed by atoms with Crippen molar-refractivity contribution in [1.29, 1.82) is 0 Å². The molecule has 2 aromatic rings. The van der Waals surface area contributed by atoms with Gasteiger partial charge in [-0.3, -0.25) is 0 Å². The van der Waals surface area contributed by atoms with Crippen molar-refractivity contribution in [3.05, 3.63) is 30.0 Å². The van der Waals surface area contributed by atoms with Crippen molar-refractivity contribution in [3.8, 4) is 5.75 Å². The predicted molar refractivity (Wildman–Crippen MR) is 109 cm³/mol. The van der Waals surface area contributed by atoms with E-state index >= 15 is 0 Å². The summed E-state index contributed by atoms with van der Waals surface area (Å²) in [5.41, 5.74) is 2.00. The molecule has 29 heavy (non-hydrogen) atoms. The van der Waals surface area contributed by atoms with Crippen molar-refractivity contribution in [3.63, 3.8) is 0 Å². The Labute approximate surface area is 170 Å². The average molecular weight is 408 g/mol. The monoisotopic (exact) mass is 408 g/mol. The summed E-state index contributed by atoms with van der Waals surface area (Å²) < 4.78 is 11.4. The Kier molecular flexibility index (Phi) is 7.50. The molecule has 1 aliphatic heterocycles. The lowest BCUT2D eigenvalue weighted by atomic mass is 9.99. The number of aliphatic hydroxyl groups is 4. The van der Waals surface area contributed by atoms with Gasteiger partial charge in [0.15, 0.2) is 0 Å². The van der Waals surface area contributed by atoms with Gasteiger partial charge in [-0.15, -0.1) is 0 Å². The summed E-state index contributed by atoms with van der Waals surface area (Å²) in [6, 6.07) is 5.56. The molecule has 0 aliphatic carbocycles. The highest BCUT2D eigenvalue weighted by molar-refractivity contribution is 5.89. The number of aromatic amines is 1. The molecule has 8 heteroatoms. The third-order valence-corrected chi connectivity index (χ3v) is 5.53. The van der Waals surface area contributed by atoms with E-state index in [1.165, 1.54) is 0 Å². The van der Waals surface area contributed by atoms with Gasteiger partial charge >= 0.3 is 0 Å². The summed E-state index contributed by atoms with van der Waals surface area (Å²) in [4.78, 5) is 5.64. The van der Waals surface area contributed by atoms with Crippen LogP contribution in [0.2, 0.25) is 0 Å². The SMILES string of the molecule is CCCN(CC)CCc1c[nH]c2cccc(O[C@@H]3O[C@H](CO)[C@@H](O)[C@H](O)[C@H]3O)c12. The van der Waals surface area contributed by atoms with Gasteiger partial charge in [-0.25, -0.2) is 0 Å². The Morgan fingerprint density at radius 1 is 1.10 bits per heavy atom. The van der Waals surface area contributed by atoms with Crippen molar-refractivity contribution in [1.82, 2.24) is 9.88 Å². The summed E-state index contributed by atoms with van der Waals surface area (Å²) in [5, 5.41) is 40.5. The largest absolute Gasteiger partial charge is 0.461 e. The molecule has 3 rings (SSSR count). The van der Waals surface area contributed by atoms with Crippen LogP contribution < -0.4 is 4.74 Å². The van der Waals surface area contributed by atoms with Crippen LogP contribution in [-0.2, 0) is 11.2 Å². The van der Waals surface area contributed by atoms with E-state index in [1.54, 1.807) is 6.07 Å². The molecule has 0 unspecified atom stereocenters. The molecule has 0 saturated carbocycles. The molecule has 1 aromatic carbocycles. The van der Waals surface area contributed by atoms with Crippen molar-refractivity contribution in [2.75, 3.05) is 26.2 Å². The quantitative estimate of drug-likeness (QED) is 0.413. The fraction of sp³-hybridized carbons (Fsp3) is 0.619. The number of likely N-dealkylation sites (N-methyl/N-ethyl adjacent to an activating group) is 1. The molecular formula is C21H32N2O6. The summed E-state index contributed by atoms with van der Waals surface area (Å²) in [5.74, 6) is 0.515. The van der Waals surface area contributed by atoms with Crippen molar-refractivity contribution in [2.24, 2.45) is 0 Å². The van der Waals surface area contributed by atoms with Crippen LogP contribution in [-0.4, -0.2) is 87.3 Å². The zero-order chi connectivity index (χ0) is 21.0. The van der Waals surface area contributed by atoms with Gasteiger partial charge in [0.2, 0.25) is 6.29 Å². The van der Waals surface area contributed by atoms with E-state index in [2.05, 4.69) is 23.7 Å². The fourth-order valence-corrected chi connectivity index (χ4v) is 3.83. The van der Waals surface area contributed by atoms with Gasteiger partial charge in [0.05, 0.1) is 6.61 Å². The number of rotatable bonds is 9. The van der Waals surface area contributed by atoms with E-state index in [-0.39, 0.29) is 0 Å². The summed E-state index contributed by atoms with van der Waals surface area (Å²) in [6.07, 6.45) is -2.62. The highest BCUT2D eigenvalue weighted by Crippen LogP contribution is 2.32. The van der Waals surface area contributed by atoms with Crippen molar-refractivity contribution < 1.29 is 29.9 Å². The van der Waals surface area contributed by atoms with Gasteiger partial charge in [0.1, 0.15) is 30.2 Å². The maximum absolute atomic E-state index is 10.3. The molecule has 2 heterocycles. The molecular weight excluding hydrogens is 376 g/mol. The Balaban J connectivity index is 1.81. The first-order valence-corrected chi connectivity index (χ1v) is 10.3. The maximum Gasteiger partial charge on any atom is 0.229 e. The van der Waals surface area contributed by atoms with Crippen LogP contribution >= 0.6 is 0 Å². The van der Waals surface area contributed by atoms with Crippen LogP contribution in [0.5, 0.6) is 5.75 Å². The molecule has 1 fully saturated rings. The van der Waals surface area contributed by atoms with Gasteiger partial charge in [0, 0.05) is 23.6 Å². The van der Waals surface area contributed by atoms with E-state index in [1.807, 2.05) is 18.3 Å². The van der Waals surface area contributed by atoms with E-state index in [9.17, 15) is 20.4 Å². The zero-order valence-electron chi connectivity index (χ0n) is 17.0. The molecule has 0 spiro atoms. The van der Waals surface area contributed by atoms with E-state index in [0.717, 1.165) is 48.9 Å². The standard InChI is InChI=1S/C21H32N2O6/c1-3-9-23(4-2)10-8-13-11-22-14-6-5-7-15(17(13)14)28-21-20(27)19(26)18(25)16(12-24)29-21/h5-7,11,16,18-22,24-27H,3-4,8-10,12H2,1-2H3/t16-,18-,19+,20-,21-/m1/s1. The first kappa shape index (κ1) is 22.0. The summed E-state index contributed by atoms with van der Waals surface area (Å²) in [6.45, 7) is 6.79. The second kappa shape index (κ2) is 9.88. The average Bonchev–Trinajstić information content (AvgIpc) is 3.15. The smallest absolute Gasteiger partial charge is 0.229 e. The lowest BCUT2D eigenvalue weighted by Crippen LogP contribution is -2.60. The molecule has 8 nitrogen and oxygen atoms in total. The highest BCUT2D eigenvalue weighted by Gasteiger charge is 2.44. The van der Waals surface area contributed by atoms with Crippen LogP contribution in [0.25, 0.3) is 10.9 Å². The number of benzene rings is 1. The number of hydrogen-bond acceptors (Lipinski definition) is 7. The number of aliphatic hydroxyl groups excluding tert-OH is 4. The molecule has 162 valence electrons. The normalized spacial score (nSPS) is 27.6. The number of nitrogens with one attached hydrogen (secondary N) is 1. The number of hydrogen-bond donors (Lipinski definition) is 5. The summed E-state index contributed by atoms with van der Waals surface area (Å²) >= 11 is 0. The van der Waals surface area contributed by atoms with Crippen LogP contribution in [0.4, 0.5) is 0 Å². The van der Waals surface area contributed by atoms with Gasteiger partial charge in [-0.1, -0.05) is 19.9 Å². The minimum Gasteiger partial charge on any atom is -0.461 e. The van der Waals surface area contributed by atoms with Gasteiger partial charge in [-0.2, -0.15) is 0 Å². The molecule has 1 saturated heterocycles. The lowest BCUT2D eigenvalue weighted by molar-refractivity contribution is -0.277. The van der Waals surface area contributed by atoms with Crippen LogP contribution in [0, 0.1) is 0 Å². The van der Waals surface area contributed by atoms with Crippen LogP contribution in [0.3, 0.4) is 0 Å². The minimum atomic E-state index is -1.47. The van der Waals surface area contributed by atoms with Crippen molar-refractivity contribution in [2.45, 2.75) is 57.4 Å². The maximum atomic E-state index is 10.3. The third-order valence-electron chi connectivity index (χ3n) is 5.53. The van der Waals surface area contributed by atoms with Crippen LogP contribution in [0.15, 0.2) is 24.4 Å². The minimum absolute atomic E-state index is 0.491. The summed E-state index contributed by atoms with van der Waals surface area (Å²) in [7, 11) is 0. The number of ether oxygens (including phenoxy) is 2. The number of aromatic nitrogens is 1. The molecule has 1 aliphatic rings. The molecule has 0 bridgehead atoms. The van der Waals surface area contributed by atoms with Gasteiger partial charge < -0.3 is 39.8 Å². The Bertz CT molecular complexity index is 780. The Morgan fingerprint density at radius 3 is 2.59 bits per heavy atom. The Morgan fingerprint density at radius 2 is 1.90 bits per heavy atom. The zero-order valence-corrected chi connectivity index (χ0v) is 17.0. The molecule has 0 amide bonds.